The van der Waals surface area contributed by atoms with E-state index in [1.54, 1.807) is 12.5 Å². The van der Waals surface area contributed by atoms with E-state index in [0.717, 1.165) is 26.9 Å². The van der Waals surface area contributed by atoms with Crippen molar-refractivity contribution in [2.24, 2.45) is 0 Å². The molecule has 0 unspecified atom stereocenters. The molecule has 2 aromatic heterocycles. The van der Waals surface area contributed by atoms with Gasteiger partial charge in [0.05, 0.1) is 12.8 Å². The van der Waals surface area contributed by atoms with Gasteiger partial charge in [0.15, 0.2) is 5.69 Å². The predicted molar refractivity (Wildman–Crippen MR) is 111 cm³/mol. The highest BCUT2D eigenvalue weighted by atomic mass is 32.1. The van der Waals surface area contributed by atoms with Crippen LogP contribution in [0.2, 0.25) is 0 Å². The van der Waals surface area contributed by atoms with Crippen LogP contribution >= 0.6 is 22.7 Å². The molecule has 0 fully saturated rings. The number of esters is 1. The molecule has 0 aliphatic rings. The molecule has 0 saturated carbocycles. The molecule has 0 atom stereocenters. The van der Waals surface area contributed by atoms with Gasteiger partial charge in [0.25, 0.3) is 0 Å². The average Bonchev–Trinajstić information content (AvgIpc) is 3.43. The Morgan fingerprint density at radius 3 is 2.50 bits per heavy atom. The number of hydrogen-bond acceptors (Lipinski definition) is 7. The fraction of sp³-hybridized carbons (Fsp3) is 0.0952. The largest absolute Gasteiger partial charge is 0.497 e. The Kier molecular flexibility index (Phi) is 5.45. The lowest BCUT2D eigenvalue weighted by atomic mass is 10.2. The van der Waals surface area contributed by atoms with Gasteiger partial charge in [-0.2, -0.15) is 0 Å². The van der Waals surface area contributed by atoms with Crippen LogP contribution in [-0.4, -0.2) is 23.0 Å². The quantitative estimate of drug-likeness (QED) is 0.405. The second kappa shape index (κ2) is 8.33. The number of carbonyl (C=O) groups is 1. The topological polar surface area (TPSA) is 61.3 Å². The first-order chi connectivity index (χ1) is 13.7. The average molecular weight is 409 g/mol. The molecule has 28 heavy (non-hydrogen) atoms. The Morgan fingerprint density at radius 1 is 0.929 bits per heavy atom. The highest BCUT2D eigenvalue weighted by Gasteiger charge is 2.14. The van der Waals surface area contributed by atoms with Crippen LogP contribution in [0.5, 0.6) is 5.75 Å². The zero-order valence-electron chi connectivity index (χ0n) is 15.0. The first kappa shape index (κ1) is 18.3. The number of nitrogens with zero attached hydrogens (tertiary/aromatic N) is 2. The molecule has 7 heteroatoms. The Bertz CT molecular complexity index is 1090. The van der Waals surface area contributed by atoms with Gasteiger partial charge in [-0.05, 0) is 12.1 Å². The summed E-state index contributed by atoms with van der Waals surface area (Å²) in [6, 6.07) is 17.5. The number of benzene rings is 2. The van der Waals surface area contributed by atoms with Crippen molar-refractivity contribution in [3.63, 3.8) is 0 Å². The summed E-state index contributed by atoms with van der Waals surface area (Å²) in [5, 5.41) is 5.25. The molecule has 0 aliphatic carbocycles. The van der Waals surface area contributed by atoms with Gasteiger partial charge in [-0.15, -0.1) is 22.7 Å². The van der Waals surface area contributed by atoms with Gasteiger partial charge in [0.2, 0.25) is 0 Å². The second-order valence-corrected chi connectivity index (χ2v) is 7.57. The van der Waals surface area contributed by atoms with E-state index < -0.39 is 5.97 Å². The number of thiazole rings is 2. The van der Waals surface area contributed by atoms with Gasteiger partial charge in [0, 0.05) is 21.9 Å². The first-order valence-electron chi connectivity index (χ1n) is 8.50. The van der Waals surface area contributed by atoms with Crippen molar-refractivity contribution < 1.29 is 14.3 Å². The minimum Gasteiger partial charge on any atom is -0.497 e. The number of carbonyl (C=O) groups excluding carboxylic acids is 1. The number of rotatable bonds is 6. The summed E-state index contributed by atoms with van der Waals surface area (Å²) in [6.07, 6.45) is 0. The normalized spacial score (nSPS) is 10.6. The molecule has 5 nitrogen and oxygen atoms in total. The van der Waals surface area contributed by atoms with Crippen molar-refractivity contribution in [1.82, 2.24) is 9.97 Å². The molecule has 140 valence electrons. The molecular formula is C21H16N2O3S2. The van der Waals surface area contributed by atoms with Crippen LogP contribution in [0.25, 0.3) is 21.1 Å². The highest BCUT2D eigenvalue weighted by Crippen LogP contribution is 2.27. The Balaban J connectivity index is 1.40. The van der Waals surface area contributed by atoms with E-state index >= 15 is 0 Å². The standard InChI is InChI=1S/C21H16N2O3S2/c1-25-17-9-5-8-15(10-17)20-22-16(12-27-20)11-26-21(24)18-13-28-19(23-18)14-6-3-2-4-7-14/h2-10,12-13H,11H2,1H3. The van der Waals surface area contributed by atoms with E-state index in [-0.39, 0.29) is 6.61 Å². The molecule has 4 aromatic rings. The van der Waals surface area contributed by atoms with E-state index in [2.05, 4.69) is 9.97 Å². The summed E-state index contributed by atoms with van der Waals surface area (Å²) in [5.41, 5.74) is 2.96. The van der Waals surface area contributed by atoms with E-state index in [1.807, 2.05) is 60.0 Å². The van der Waals surface area contributed by atoms with Crippen molar-refractivity contribution in [3.8, 4) is 26.9 Å². The van der Waals surface area contributed by atoms with Crippen molar-refractivity contribution in [1.29, 1.82) is 0 Å². The van der Waals surface area contributed by atoms with Crippen LogP contribution in [0, 0.1) is 0 Å². The van der Waals surface area contributed by atoms with Crippen molar-refractivity contribution in [2.75, 3.05) is 7.11 Å². The molecule has 2 heterocycles. The van der Waals surface area contributed by atoms with Crippen molar-refractivity contribution in [2.45, 2.75) is 6.61 Å². The lowest BCUT2D eigenvalue weighted by Crippen LogP contribution is -2.05. The number of hydrogen-bond donors (Lipinski definition) is 0. The lowest BCUT2D eigenvalue weighted by molar-refractivity contribution is 0.0462. The molecule has 0 spiro atoms. The van der Waals surface area contributed by atoms with Gasteiger partial charge in [-0.1, -0.05) is 42.5 Å². The third-order valence-corrected chi connectivity index (χ3v) is 5.79. The smallest absolute Gasteiger partial charge is 0.358 e. The SMILES string of the molecule is COc1cccc(-c2nc(COC(=O)c3csc(-c4ccccc4)n3)cs2)c1. The van der Waals surface area contributed by atoms with E-state index in [1.165, 1.54) is 22.7 Å². The highest BCUT2D eigenvalue weighted by molar-refractivity contribution is 7.13. The lowest BCUT2D eigenvalue weighted by Gasteiger charge is -2.02. The summed E-state index contributed by atoms with van der Waals surface area (Å²) >= 11 is 2.92. The molecule has 0 aliphatic heterocycles. The van der Waals surface area contributed by atoms with Crippen LogP contribution in [-0.2, 0) is 11.3 Å². The monoisotopic (exact) mass is 408 g/mol. The van der Waals surface area contributed by atoms with Crippen LogP contribution in [0.3, 0.4) is 0 Å². The second-order valence-electron chi connectivity index (χ2n) is 5.86. The molecule has 0 saturated heterocycles. The Hall–Kier alpha value is -3.03. The number of ether oxygens (including phenoxy) is 2. The zero-order valence-corrected chi connectivity index (χ0v) is 16.6. The summed E-state index contributed by atoms with van der Waals surface area (Å²) in [6.45, 7) is 0.109. The minimum atomic E-state index is -0.450. The molecule has 0 amide bonds. The van der Waals surface area contributed by atoms with E-state index in [0.29, 0.717) is 11.4 Å². The number of methoxy groups -OCH3 is 1. The summed E-state index contributed by atoms with van der Waals surface area (Å²) in [7, 11) is 1.63. The minimum absolute atomic E-state index is 0.109. The molecule has 0 N–H and O–H groups in total. The summed E-state index contributed by atoms with van der Waals surface area (Å²) in [5.74, 6) is 0.327. The van der Waals surface area contributed by atoms with Crippen LogP contribution in [0.4, 0.5) is 0 Å². The van der Waals surface area contributed by atoms with Gasteiger partial charge in [0.1, 0.15) is 22.4 Å². The molecule has 0 radical (unpaired) electrons. The van der Waals surface area contributed by atoms with Crippen molar-refractivity contribution >= 4 is 28.6 Å². The van der Waals surface area contributed by atoms with Crippen LogP contribution in [0.15, 0.2) is 65.4 Å². The fourth-order valence-electron chi connectivity index (χ4n) is 2.56. The van der Waals surface area contributed by atoms with E-state index in [9.17, 15) is 4.79 Å². The van der Waals surface area contributed by atoms with Crippen LogP contribution in [0.1, 0.15) is 16.2 Å². The molecular weight excluding hydrogens is 392 g/mol. The van der Waals surface area contributed by atoms with Gasteiger partial charge in [-0.25, -0.2) is 14.8 Å². The molecule has 2 aromatic carbocycles. The Labute approximate surface area is 170 Å². The zero-order chi connectivity index (χ0) is 19.3. The first-order valence-corrected chi connectivity index (χ1v) is 10.3. The van der Waals surface area contributed by atoms with E-state index in [4.69, 9.17) is 9.47 Å². The maximum absolute atomic E-state index is 12.3. The Morgan fingerprint density at radius 2 is 1.68 bits per heavy atom. The predicted octanol–water partition coefficient (Wildman–Crippen LogP) is 5.30. The maximum atomic E-state index is 12.3. The maximum Gasteiger partial charge on any atom is 0.358 e. The third-order valence-electron chi connectivity index (χ3n) is 3.95. The summed E-state index contributed by atoms with van der Waals surface area (Å²) < 4.78 is 10.6. The molecule has 0 bridgehead atoms. The summed E-state index contributed by atoms with van der Waals surface area (Å²) in [4.78, 5) is 21.2. The third kappa shape index (κ3) is 4.11. The van der Waals surface area contributed by atoms with Gasteiger partial charge >= 0.3 is 5.97 Å². The van der Waals surface area contributed by atoms with Gasteiger partial charge in [-0.3, -0.25) is 0 Å². The number of aromatic nitrogens is 2. The van der Waals surface area contributed by atoms with Crippen LogP contribution < -0.4 is 4.74 Å². The fourth-order valence-corrected chi connectivity index (χ4v) is 4.15. The van der Waals surface area contributed by atoms with Gasteiger partial charge < -0.3 is 9.47 Å². The van der Waals surface area contributed by atoms with Crippen molar-refractivity contribution in [3.05, 3.63) is 76.7 Å². The molecule has 4 rings (SSSR count).